The molecule has 0 bridgehead atoms. The fourth-order valence-electron chi connectivity index (χ4n) is 1.60. The molecule has 93 valence electrons. The van der Waals surface area contributed by atoms with Crippen molar-refractivity contribution in [2.24, 2.45) is 0 Å². The number of rotatable bonds is 11. The van der Waals surface area contributed by atoms with Crippen molar-refractivity contribution >= 4 is 0 Å². The second-order valence-corrected chi connectivity index (χ2v) is 4.37. The molecule has 0 N–H and O–H groups in total. The molecule has 0 rings (SSSR count). The van der Waals surface area contributed by atoms with Crippen LogP contribution in [0.4, 0.5) is 0 Å². The van der Waals surface area contributed by atoms with E-state index in [9.17, 15) is 0 Å². The van der Waals surface area contributed by atoms with Crippen molar-refractivity contribution in [3.05, 3.63) is 31.2 Å². The van der Waals surface area contributed by atoms with E-state index in [1.165, 1.54) is 57.8 Å². The second-order valence-electron chi connectivity index (χ2n) is 4.37. The molecule has 0 atom stereocenters. The SMILES string of the molecule is [CH2]CCCCC/C=C/CC/C=C/CCCC. The van der Waals surface area contributed by atoms with Crippen molar-refractivity contribution in [3.63, 3.8) is 0 Å². The van der Waals surface area contributed by atoms with E-state index >= 15 is 0 Å². The Morgan fingerprint density at radius 1 is 0.688 bits per heavy atom. The van der Waals surface area contributed by atoms with Gasteiger partial charge in [0.2, 0.25) is 0 Å². The number of unbranched alkanes of at least 4 members (excludes halogenated alkanes) is 7. The molecule has 0 amide bonds. The Labute approximate surface area is 103 Å². The Morgan fingerprint density at radius 3 is 1.81 bits per heavy atom. The third-order valence-electron chi connectivity index (χ3n) is 2.68. The van der Waals surface area contributed by atoms with Gasteiger partial charge in [0.25, 0.3) is 0 Å². The Bertz CT molecular complexity index is 165. The van der Waals surface area contributed by atoms with Gasteiger partial charge in [-0.05, 0) is 32.1 Å². The third kappa shape index (κ3) is 13.5. The molecule has 0 heteroatoms. The van der Waals surface area contributed by atoms with E-state index in [2.05, 4.69) is 38.2 Å². The molecule has 0 aromatic rings. The van der Waals surface area contributed by atoms with Gasteiger partial charge in [0, 0.05) is 0 Å². The lowest BCUT2D eigenvalue weighted by Crippen LogP contribution is -1.74. The Morgan fingerprint density at radius 2 is 1.25 bits per heavy atom. The van der Waals surface area contributed by atoms with Crippen LogP contribution in [0.1, 0.15) is 71.1 Å². The average molecular weight is 221 g/mol. The van der Waals surface area contributed by atoms with Crippen LogP contribution in [0.25, 0.3) is 0 Å². The summed E-state index contributed by atoms with van der Waals surface area (Å²) in [5, 5.41) is 0. The fraction of sp³-hybridized carbons (Fsp3) is 0.688. The van der Waals surface area contributed by atoms with Gasteiger partial charge in [-0.2, -0.15) is 0 Å². The van der Waals surface area contributed by atoms with Crippen LogP contribution in [0.15, 0.2) is 24.3 Å². The molecule has 0 saturated carbocycles. The largest absolute Gasteiger partial charge is 0.0885 e. The van der Waals surface area contributed by atoms with Gasteiger partial charge >= 0.3 is 0 Å². The maximum absolute atomic E-state index is 3.85. The van der Waals surface area contributed by atoms with Crippen molar-refractivity contribution in [1.29, 1.82) is 0 Å². The molecule has 0 aliphatic heterocycles. The first-order valence-corrected chi connectivity index (χ1v) is 7.01. The van der Waals surface area contributed by atoms with Gasteiger partial charge in [-0.1, -0.05) is 70.3 Å². The zero-order valence-corrected chi connectivity index (χ0v) is 11.1. The molecule has 0 aromatic carbocycles. The summed E-state index contributed by atoms with van der Waals surface area (Å²) in [6.07, 6.45) is 21.9. The highest BCUT2D eigenvalue weighted by Gasteiger charge is 1.84. The molecule has 0 saturated heterocycles. The molecular weight excluding hydrogens is 192 g/mol. The number of allylic oxidation sites excluding steroid dienone is 4. The van der Waals surface area contributed by atoms with Crippen LogP contribution in [-0.2, 0) is 0 Å². The van der Waals surface area contributed by atoms with E-state index in [4.69, 9.17) is 0 Å². The lowest BCUT2D eigenvalue weighted by atomic mass is 10.1. The fourth-order valence-corrected chi connectivity index (χ4v) is 1.60. The van der Waals surface area contributed by atoms with Crippen LogP contribution in [-0.4, -0.2) is 0 Å². The second kappa shape index (κ2) is 14.5. The molecule has 0 fully saturated rings. The summed E-state index contributed by atoms with van der Waals surface area (Å²) in [7, 11) is 0. The molecular formula is C16H29. The van der Waals surface area contributed by atoms with Gasteiger partial charge in [0.05, 0.1) is 0 Å². The number of hydrogen-bond acceptors (Lipinski definition) is 0. The summed E-state index contributed by atoms with van der Waals surface area (Å²) in [4.78, 5) is 0. The van der Waals surface area contributed by atoms with Crippen LogP contribution in [0.3, 0.4) is 0 Å². The van der Waals surface area contributed by atoms with E-state index < -0.39 is 0 Å². The predicted octanol–water partition coefficient (Wildman–Crippen LogP) is 5.85. The maximum Gasteiger partial charge on any atom is -0.0316 e. The highest BCUT2D eigenvalue weighted by Crippen LogP contribution is 2.04. The molecule has 0 aliphatic rings. The minimum Gasteiger partial charge on any atom is -0.0885 e. The summed E-state index contributed by atoms with van der Waals surface area (Å²) in [6, 6.07) is 0. The Balaban J connectivity index is 3.12. The molecule has 1 radical (unpaired) electrons. The summed E-state index contributed by atoms with van der Waals surface area (Å²) in [5.41, 5.74) is 0. The molecule has 0 nitrogen and oxygen atoms in total. The monoisotopic (exact) mass is 221 g/mol. The van der Waals surface area contributed by atoms with Crippen LogP contribution >= 0.6 is 0 Å². The topological polar surface area (TPSA) is 0 Å². The molecule has 16 heavy (non-hydrogen) atoms. The van der Waals surface area contributed by atoms with Crippen LogP contribution < -0.4 is 0 Å². The first-order valence-electron chi connectivity index (χ1n) is 7.01. The summed E-state index contributed by atoms with van der Waals surface area (Å²) < 4.78 is 0. The summed E-state index contributed by atoms with van der Waals surface area (Å²) in [5.74, 6) is 0. The van der Waals surface area contributed by atoms with Gasteiger partial charge in [-0.25, -0.2) is 0 Å². The molecule has 0 aromatic heterocycles. The molecule has 0 aliphatic carbocycles. The lowest BCUT2D eigenvalue weighted by molar-refractivity contribution is 0.694. The number of hydrogen-bond donors (Lipinski definition) is 0. The van der Waals surface area contributed by atoms with Gasteiger partial charge in [0.1, 0.15) is 0 Å². The highest BCUT2D eigenvalue weighted by atomic mass is 13.9. The average Bonchev–Trinajstić information content (AvgIpc) is 2.31. The van der Waals surface area contributed by atoms with Crippen molar-refractivity contribution in [3.8, 4) is 0 Å². The zero-order chi connectivity index (χ0) is 11.9. The van der Waals surface area contributed by atoms with E-state index in [1.807, 2.05) is 0 Å². The molecule has 0 unspecified atom stereocenters. The minimum atomic E-state index is 1.09. The highest BCUT2D eigenvalue weighted by molar-refractivity contribution is 4.87. The normalized spacial score (nSPS) is 11.9. The van der Waals surface area contributed by atoms with Gasteiger partial charge in [0.15, 0.2) is 0 Å². The van der Waals surface area contributed by atoms with Crippen LogP contribution in [0.5, 0.6) is 0 Å². The first-order chi connectivity index (χ1) is 7.91. The van der Waals surface area contributed by atoms with Crippen LogP contribution in [0.2, 0.25) is 0 Å². The van der Waals surface area contributed by atoms with Crippen LogP contribution in [0, 0.1) is 6.92 Å². The molecule has 0 spiro atoms. The van der Waals surface area contributed by atoms with E-state index in [-0.39, 0.29) is 0 Å². The van der Waals surface area contributed by atoms with E-state index in [1.54, 1.807) is 0 Å². The lowest BCUT2D eigenvalue weighted by Gasteiger charge is -1.94. The zero-order valence-electron chi connectivity index (χ0n) is 11.1. The van der Waals surface area contributed by atoms with E-state index in [0.29, 0.717) is 0 Å². The summed E-state index contributed by atoms with van der Waals surface area (Å²) >= 11 is 0. The van der Waals surface area contributed by atoms with Gasteiger partial charge in [-0.3, -0.25) is 0 Å². The van der Waals surface area contributed by atoms with Gasteiger partial charge in [-0.15, -0.1) is 0 Å². The molecule has 0 heterocycles. The van der Waals surface area contributed by atoms with Crippen molar-refractivity contribution in [2.45, 2.75) is 71.1 Å². The van der Waals surface area contributed by atoms with E-state index in [0.717, 1.165) is 6.42 Å². The third-order valence-corrected chi connectivity index (χ3v) is 2.68. The van der Waals surface area contributed by atoms with Crippen molar-refractivity contribution < 1.29 is 0 Å². The first kappa shape index (κ1) is 15.5. The van der Waals surface area contributed by atoms with Gasteiger partial charge < -0.3 is 0 Å². The Kier molecular flexibility index (Phi) is 14.0. The minimum absolute atomic E-state index is 1.09. The quantitative estimate of drug-likeness (QED) is 0.303. The maximum atomic E-state index is 3.85. The summed E-state index contributed by atoms with van der Waals surface area (Å²) in [6.45, 7) is 6.09. The standard InChI is InChI=1S/C16H29/c1-3-5-7-9-11-13-15-16-14-12-10-8-6-4-2/h10,12-13,15H,1,3-9,11,14,16H2,2H3/b12-10+,15-13+. The van der Waals surface area contributed by atoms with Crippen molar-refractivity contribution in [2.75, 3.05) is 0 Å². The smallest absolute Gasteiger partial charge is 0.0316 e. The van der Waals surface area contributed by atoms with Crippen molar-refractivity contribution in [1.82, 2.24) is 0 Å². The predicted molar refractivity (Wildman–Crippen MR) is 75.5 cm³/mol. The Hall–Kier alpha value is -0.520.